The topological polar surface area (TPSA) is 64.6 Å². The minimum atomic E-state index is -0.364. The van der Waals surface area contributed by atoms with Crippen molar-refractivity contribution in [1.29, 1.82) is 0 Å². The summed E-state index contributed by atoms with van der Waals surface area (Å²) in [5.74, 6) is 0.414. The van der Waals surface area contributed by atoms with Gasteiger partial charge in [0.05, 0.1) is 6.10 Å². The fraction of sp³-hybridized carbons (Fsp3) is 0.929. The Balaban J connectivity index is 1.57. The number of rotatable bonds is 6. The van der Waals surface area contributed by atoms with Gasteiger partial charge in [-0.15, -0.1) is 0 Å². The number of hydrogen-bond acceptors (Lipinski definition) is 3. The van der Waals surface area contributed by atoms with Crippen LogP contribution in [0.4, 0.5) is 4.79 Å². The van der Waals surface area contributed by atoms with E-state index in [0.29, 0.717) is 12.5 Å². The Hall–Kier alpha value is -0.810. The molecule has 0 radical (unpaired) electrons. The summed E-state index contributed by atoms with van der Waals surface area (Å²) in [6.45, 7) is 5.88. The van der Waals surface area contributed by atoms with E-state index >= 15 is 0 Å². The van der Waals surface area contributed by atoms with Gasteiger partial charge in [-0.25, -0.2) is 4.79 Å². The van der Waals surface area contributed by atoms with Crippen molar-refractivity contribution in [1.82, 2.24) is 15.5 Å². The summed E-state index contributed by atoms with van der Waals surface area (Å²) in [6.07, 6.45) is 5.08. The molecule has 0 aromatic rings. The molecule has 2 rings (SSSR count). The van der Waals surface area contributed by atoms with Gasteiger partial charge in [0, 0.05) is 25.7 Å². The summed E-state index contributed by atoms with van der Waals surface area (Å²) in [5.41, 5.74) is 0. The molecule has 3 N–H and O–H groups in total. The van der Waals surface area contributed by atoms with E-state index in [4.69, 9.17) is 0 Å². The second kappa shape index (κ2) is 7.10. The van der Waals surface area contributed by atoms with Crippen LogP contribution in [0.15, 0.2) is 0 Å². The lowest BCUT2D eigenvalue weighted by molar-refractivity contribution is 0.147. The number of amides is 2. The summed E-state index contributed by atoms with van der Waals surface area (Å²) in [5, 5.41) is 15.5. The molecule has 19 heavy (non-hydrogen) atoms. The van der Waals surface area contributed by atoms with E-state index in [1.165, 1.54) is 6.42 Å². The fourth-order valence-corrected chi connectivity index (χ4v) is 2.70. The molecule has 1 unspecified atom stereocenters. The van der Waals surface area contributed by atoms with Crippen molar-refractivity contribution in [3.05, 3.63) is 0 Å². The van der Waals surface area contributed by atoms with E-state index < -0.39 is 0 Å². The van der Waals surface area contributed by atoms with Crippen LogP contribution in [0.5, 0.6) is 0 Å². The summed E-state index contributed by atoms with van der Waals surface area (Å²) in [4.78, 5) is 14.2. The predicted molar refractivity (Wildman–Crippen MR) is 75.0 cm³/mol. The molecule has 1 saturated heterocycles. The van der Waals surface area contributed by atoms with Crippen LogP contribution in [0.3, 0.4) is 0 Å². The number of aliphatic hydroxyl groups excluding tert-OH is 1. The molecular weight excluding hydrogens is 242 g/mol. The number of likely N-dealkylation sites (tertiary alicyclic amines) is 1. The summed E-state index contributed by atoms with van der Waals surface area (Å²) in [7, 11) is 0. The Morgan fingerprint density at radius 3 is 2.58 bits per heavy atom. The molecule has 2 amide bonds. The standard InChI is InChI=1S/C14H27N3O2/c1-2-7-17-8-5-12(6-9-17)16-14(19)15-10-13(18)11-3-4-11/h11-13,18H,2-10H2,1H3,(H2,15,16,19). The van der Waals surface area contributed by atoms with Crippen LogP contribution in [-0.4, -0.2) is 54.4 Å². The zero-order chi connectivity index (χ0) is 13.7. The van der Waals surface area contributed by atoms with Crippen LogP contribution in [0.1, 0.15) is 39.0 Å². The van der Waals surface area contributed by atoms with Crippen LogP contribution in [-0.2, 0) is 0 Å². The molecule has 5 heteroatoms. The third kappa shape index (κ3) is 4.99. The van der Waals surface area contributed by atoms with Crippen LogP contribution in [0, 0.1) is 5.92 Å². The first-order chi connectivity index (χ1) is 9.19. The van der Waals surface area contributed by atoms with Gasteiger partial charge in [0.15, 0.2) is 0 Å². The highest BCUT2D eigenvalue weighted by Crippen LogP contribution is 2.32. The van der Waals surface area contributed by atoms with E-state index in [1.54, 1.807) is 0 Å². The average Bonchev–Trinajstić information content (AvgIpc) is 3.23. The molecule has 5 nitrogen and oxygen atoms in total. The molecule has 1 saturated carbocycles. The van der Waals surface area contributed by atoms with Gasteiger partial charge in [-0.3, -0.25) is 0 Å². The van der Waals surface area contributed by atoms with E-state index in [0.717, 1.165) is 45.3 Å². The zero-order valence-electron chi connectivity index (χ0n) is 11.9. The number of nitrogens with zero attached hydrogens (tertiary/aromatic N) is 1. The highest BCUT2D eigenvalue weighted by molar-refractivity contribution is 5.74. The highest BCUT2D eigenvalue weighted by atomic mass is 16.3. The quantitative estimate of drug-likeness (QED) is 0.672. The molecule has 0 bridgehead atoms. The summed E-state index contributed by atoms with van der Waals surface area (Å²) in [6, 6.07) is 0.153. The van der Waals surface area contributed by atoms with E-state index in [1.807, 2.05) is 0 Å². The Kier molecular flexibility index (Phi) is 5.45. The largest absolute Gasteiger partial charge is 0.391 e. The second-order valence-electron chi connectivity index (χ2n) is 5.88. The molecule has 0 aromatic carbocycles. The first-order valence-electron chi connectivity index (χ1n) is 7.63. The monoisotopic (exact) mass is 269 g/mol. The van der Waals surface area contributed by atoms with Crippen LogP contribution in [0.25, 0.3) is 0 Å². The van der Waals surface area contributed by atoms with E-state index in [2.05, 4.69) is 22.5 Å². The summed E-state index contributed by atoms with van der Waals surface area (Å²) >= 11 is 0. The van der Waals surface area contributed by atoms with Crippen molar-refractivity contribution in [3.8, 4) is 0 Å². The van der Waals surface area contributed by atoms with Crippen molar-refractivity contribution in [2.75, 3.05) is 26.2 Å². The Morgan fingerprint density at radius 2 is 2.00 bits per heavy atom. The van der Waals surface area contributed by atoms with Crippen LogP contribution in [0.2, 0.25) is 0 Å². The van der Waals surface area contributed by atoms with Crippen LogP contribution >= 0.6 is 0 Å². The SMILES string of the molecule is CCCN1CCC(NC(=O)NCC(O)C2CC2)CC1. The maximum Gasteiger partial charge on any atom is 0.315 e. The predicted octanol–water partition coefficient (Wildman–Crippen LogP) is 0.931. The van der Waals surface area contributed by atoms with Gasteiger partial charge in [-0.05, 0) is 44.6 Å². The molecule has 2 fully saturated rings. The van der Waals surface area contributed by atoms with Gasteiger partial charge in [0.25, 0.3) is 0 Å². The lowest BCUT2D eigenvalue weighted by Gasteiger charge is -2.32. The molecule has 0 spiro atoms. The fourth-order valence-electron chi connectivity index (χ4n) is 2.70. The number of carbonyl (C=O) groups is 1. The number of urea groups is 1. The smallest absolute Gasteiger partial charge is 0.315 e. The molecule has 1 aliphatic carbocycles. The number of carbonyl (C=O) groups excluding carboxylic acids is 1. The van der Waals surface area contributed by atoms with Crippen molar-refractivity contribution < 1.29 is 9.90 Å². The molecular formula is C14H27N3O2. The zero-order valence-corrected chi connectivity index (χ0v) is 11.9. The van der Waals surface area contributed by atoms with Crippen molar-refractivity contribution in [2.24, 2.45) is 5.92 Å². The molecule has 0 aromatic heterocycles. The second-order valence-corrected chi connectivity index (χ2v) is 5.88. The van der Waals surface area contributed by atoms with Crippen LogP contribution < -0.4 is 10.6 Å². The van der Waals surface area contributed by atoms with Gasteiger partial charge in [-0.2, -0.15) is 0 Å². The number of hydrogen-bond donors (Lipinski definition) is 3. The van der Waals surface area contributed by atoms with Crippen molar-refractivity contribution in [2.45, 2.75) is 51.2 Å². The normalized spacial score (nSPS) is 23.1. The highest BCUT2D eigenvalue weighted by Gasteiger charge is 2.29. The maximum absolute atomic E-state index is 11.7. The molecule has 1 heterocycles. The molecule has 1 aliphatic heterocycles. The third-order valence-corrected chi connectivity index (χ3v) is 4.10. The first-order valence-corrected chi connectivity index (χ1v) is 7.63. The Labute approximate surface area is 115 Å². The van der Waals surface area contributed by atoms with Gasteiger partial charge in [0.2, 0.25) is 0 Å². The minimum Gasteiger partial charge on any atom is -0.391 e. The molecule has 1 atom stereocenters. The molecule has 2 aliphatic rings. The maximum atomic E-state index is 11.7. The van der Waals surface area contributed by atoms with Crippen molar-refractivity contribution in [3.63, 3.8) is 0 Å². The van der Waals surface area contributed by atoms with Crippen molar-refractivity contribution >= 4 is 6.03 Å². The van der Waals surface area contributed by atoms with E-state index in [9.17, 15) is 9.90 Å². The van der Waals surface area contributed by atoms with Gasteiger partial charge < -0.3 is 20.6 Å². The number of piperidine rings is 1. The minimum absolute atomic E-state index is 0.131. The van der Waals surface area contributed by atoms with Gasteiger partial charge in [-0.1, -0.05) is 6.92 Å². The summed E-state index contributed by atoms with van der Waals surface area (Å²) < 4.78 is 0. The first kappa shape index (κ1) is 14.6. The molecule has 110 valence electrons. The van der Waals surface area contributed by atoms with Gasteiger partial charge >= 0.3 is 6.03 Å². The Morgan fingerprint density at radius 1 is 1.32 bits per heavy atom. The lowest BCUT2D eigenvalue weighted by atomic mass is 10.1. The average molecular weight is 269 g/mol. The van der Waals surface area contributed by atoms with Gasteiger partial charge in [0.1, 0.15) is 0 Å². The number of aliphatic hydroxyl groups is 1. The Bertz CT molecular complexity index is 286. The number of nitrogens with one attached hydrogen (secondary N) is 2. The lowest BCUT2D eigenvalue weighted by Crippen LogP contribution is -2.49. The third-order valence-electron chi connectivity index (χ3n) is 4.10. The van der Waals surface area contributed by atoms with E-state index in [-0.39, 0.29) is 18.2 Å².